The molecule has 2 rings (SSSR count). The number of nitro groups is 1. The Balaban J connectivity index is 2.33. The summed E-state index contributed by atoms with van der Waals surface area (Å²) in [4.78, 5) is 32.1. The number of aromatic hydroxyl groups is 1. The van der Waals surface area contributed by atoms with E-state index >= 15 is 0 Å². The Morgan fingerprint density at radius 1 is 1.39 bits per heavy atom. The Labute approximate surface area is 105 Å². The Morgan fingerprint density at radius 2 is 2.11 bits per heavy atom. The van der Waals surface area contributed by atoms with Crippen LogP contribution in [-0.4, -0.2) is 21.2 Å². The fourth-order valence-electron chi connectivity index (χ4n) is 1.36. The van der Waals surface area contributed by atoms with E-state index in [0.29, 0.717) is 5.56 Å². The number of benzene rings is 1. The van der Waals surface area contributed by atoms with E-state index < -0.39 is 27.5 Å². The summed E-state index contributed by atoms with van der Waals surface area (Å²) >= 11 is 0.731. The third-order valence-electron chi connectivity index (χ3n) is 2.14. The highest BCUT2D eigenvalue weighted by atomic mass is 32.2. The molecule has 1 saturated heterocycles. The molecular formula is C10H6N2O5S. The molecule has 1 heterocycles. The molecule has 92 valence electrons. The number of nitro benzene ring substituents is 1. The van der Waals surface area contributed by atoms with Crippen molar-refractivity contribution >= 4 is 34.7 Å². The van der Waals surface area contributed by atoms with E-state index in [4.69, 9.17) is 0 Å². The van der Waals surface area contributed by atoms with Gasteiger partial charge in [-0.25, -0.2) is 0 Å². The number of hydrogen-bond acceptors (Lipinski definition) is 6. The van der Waals surface area contributed by atoms with Gasteiger partial charge < -0.3 is 5.11 Å². The van der Waals surface area contributed by atoms with Crippen molar-refractivity contribution in [2.24, 2.45) is 0 Å². The molecule has 0 saturated carbocycles. The SMILES string of the molecule is O=C1NC(=O)/C(=C/c2ccc([N+](=O)[O-])c(O)c2)S1. The topological polar surface area (TPSA) is 110 Å². The minimum absolute atomic E-state index is 0.174. The van der Waals surface area contributed by atoms with Gasteiger partial charge in [-0.15, -0.1) is 0 Å². The molecule has 7 nitrogen and oxygen atoms in total. The molecular weight excluding hydrogens is 260 g/mol. The predicted octanol–water partition coefficient (Wildman–Crippen LogP) is 1.62. The Hall–Kier alpha value is -2.35. The number of nitrogens with one attached hydrogen (secondary N) is 1. The van der Waals surface area contributed by atoms with Gasteiger partial charge in [0.1, 0.15) is 0 Å². The summed E-state index contributed by atoms with van der Waals surface area (Å²) in [6.45, 7) is 0. The van der Waals surface area contributed by atoms with Crippen LogP contribution in [0.4, 0.5) is 10.5 Å². The van der Waals surface area contributed by atoms with E-state index in [0.717, 1.165) is 23.9 Å². The number of carbonyl (C=O) groups excluding carboxylic acids is 2. The smallest absolute Gasteiger partial charge is 0.310 e. The minimum Gasteiger partial charge on any atom is -0.502 e. The highest BCUT2D eigenvalue weighted by Crippen LogP contribution is 2.30. The maximum atomic E-state index is 11.3. The van der Waals surface area contributed by atoms with Gasteiger partial charge in [-0.05, 0) is 35.5 Å². The molecule has 0 unspecified atom stereocenters. The first kappa shape index (κ1) is 12.1. The van der Waals surface area contributed by atoms with E-state index in [2.05, 4.69) is 5.32 Å². The average molecular weight is 266 g/mol. The van der Waals surface area contributed by atoms with E-state index in [-0.39, 0.29) is 4.91 Å². The molecule has 0 aromatic heterocycles. The van der Waals surface area contributed by atoms with E-state index in [9.17, 15) is 24.8 Å². The molecule has 18 heavy (non-hydrogen) atoms. The normalized spacial score (nSPS) is 17.0. The zero-order chi connectivity index (χ0) is 13.3. The molecule has 1 aromatic carbocycles. The maximum Gasteiger partial charge on any atom is 0.310 e. The molecule has 0 bridgehead atoms. The van der Waals surface area contributed by atoms with Crippen molar-refractivity contribution in [3.8, 4) is 5.75 Å². The maximum absolute atomic E-state index is 11.3. The van der Waals surface area contributed by atoms with Gasteiger partial charge >= 0.3 is 5.69 Å². The average Bonchev–Trinajstić information content (AvgIpc) is 2.57. The summed E-state index contributed by atoms with van der Waals surface area (Å²) in [5.41, 5.74) is -0.0257. The lowest BCUT2D eigenvalue weighted by atomic mass is 10.1. The predicted molar refractivity (Wildman–Crippen MR) is 63.9 cm³/mol. The molecule has 0 atom stereocenters. The number of nitrogens with zero attached hydrogens (tertiary/aromatic N) is 1. The lowest BCUT2D eigenvalue weighted by molar-refractivity contribution is -0.385. The van der Waals surface area contributed by atoms with Gasteiger partial charge in [0.15, 0.2) is 5.75 Å². The second kappa shape index (κ2) is 4.49. The summed E-state index contributed by atoms with van der Waals surface area (Å²) < 4.78 is 0. The highest BCUT2D eigenvalue weighted by molar-refractivity contribution is 8.18. The van der Waals surface area contributed by atoms with Gasteiger partial charge in [0.25, 0.3) is 11.1 Å². The van der Waals surface area contributed by atoms with Crippen LogP contribution >= 0.6 is 11.8 Å². The molecule has 1 aliphatic heterocycles. The Morgan fingerprint density at radius 3 is 2.61 bits per heavy atom. The van der Waals surface area contributed by atoms with Crippen LogP contribution in [0.2, 0.25) is 0 Å². The van der Waals surface area contributed by atoms with Crippen LogP contribution < -0.4 is 5.32 Å². The third kappa shape index (κ3) is 2.33. The van der Waals surface area contributed by atoms with Gasteiger partial charge in [-0.1, -0.05) is 0 Å². The van der Waals surface area contributed by atoms with Gasteiger partial charge in [0.2, 0.25) is 0 Å². The quantitative estimate of drug-likeness (QED) is 0.478. The second-order valence-electron chi connectivity index (χ2n) is 3.36. The lowest BCUT2D eigenvalue weighted by Gasteiger charge is -1.98. The monoisotopic (exact) mass is 266 g/mol. The van der Waals surface area contributed by atoms with Crippen molar-refractivity contribution in [2.75, 3.05) is 0 Å². The molecule has 0 aliphatic carbocycles. The summed E-state index contributed by atoms with van der Waals surface area (Å²) in [6, 6.07) is 3.66. The number of imide groups is 1. The van der Waals surface area contributed by atoms with Crippen molar-refractivity contribution in [1.29, 1.82) is 0 Å². The van der Waals surface area contributed by atoms with Crippen LogP contribution in [-0.2, 0) is 4.79 Å². The summed E-state index contributed by atoms with van der Waals surface area (Å²) in [5, 5.41) is 21.5. The van der Waals surface area contributed by atoms with E-state index in [1.807, 2.05) is 0 Å². The molecule has 2 N–H and O–H groups in total. The first-order valence-electron chi connectivity index (χ1n) is 4.69. The van der Waals surface area contributed by atoms with Crippen LogP contribution in [0.5, 0.6) is 5.75 Å². The number of carbonyl (C=O) groups is 2. The van der Waals surface area contributed by atoms with Crippen molar-refractivity contribution in [3.05, 3.63) is 38.8 Å². The summed E-state index contributed by atoms with van der Waals surface area (Å²) in [6.07, 6.45) is 1.37. The van der Waals surface area contributed by atoms with E-state index in [1.54, 1.807) is 0 Å². The number of amides is 2. The van der Waals surface area contributed by atoms with Crippen LogP contribution in [0.25, 0.3) is 6.08 Å². The molecule has 1 aliphatic rings. The number of phenols is 1. The lowest BCUT2D eigenvalue weighted by Crippen LogP contribution is -2.17. The number of phenolic OH excluding ortho intramolecular Hbond substituents is 1. The van der Waals surface area contributed by atoms with E-state index in [1.165, 1.54) is 12.1 Å². The van der Waals surface area contributed by atoms with Crippen LogP contribution in [0.1, 0.15) is 5.56 Å². The minimum atomic E-state index is -0.715. The van der Waals surface area contributed by atoms with Crippen molar-refractivity contribution < 1.29 is 19.6 Å². The molecule has 2 amide bonds. The van der Waals surface area contributed by atoms with Crippen molar-refractivity contribution in [2.45, 2.75) is 0 Å². The van der Waals surface area contributed by atoms with Crippen molar-refractivity contribution in [1.82, 2.24) is 5.32 Å². The second-order valence-corrected chi connectivity index (χ2v) is 4.37. The fourth-order valence-corrected chi connectivity index (χ4v) is 2.04. The fraction of sp³-hybridized carbons (Fsp3) is 0. The number of thioether (sulfide) groups is 1. The van der Waals surface area contributed by atoms with Crippen LogP contribution in [0, 0.1) is 10.1 Å². The number of rotatable bonds is 2. The molecule has 8 heteroatoms. The number of hydrogen-bond donors (Lipinski definition) is 2. The molecule has 0 spiro atoms. The van der Waals surface area contributed by atoms with Gasteiger partial charge in [-0.2, -0.15) is 0 Å². The summed E-state index contributed by atoms with van der Waals surface area (Å²) in [5.74, 6) is -1.02. The van der Waals surface area contributed by atoms with Gasteiger partial charge in [0.05, 0.1) is 9.83 Å². The zero-order valence-electron chi connectivity index (χ0n) is 8.75. The van der Waals surface area contributed by atoms with Gasteiger partial charge in [0, 0.05) is 6.07 Å². The largest absolute Gasteiger partial charge is 0.502 e. The zero-order valence-corrected chi connectivity index (χ0v) is 9.56. The molecule has 0 radical (unpaired) electrons. The van der Waals surface area contributed by atoms with Crippen LogP contribution in [0.3, 0.4) is 0 Å². The summed E-state index contributed by atoms with van der Waals surface area (Å²) in [7, 11) is 0. The van der Waals surface area contributed by atoms with Crippen LogP contribution in [0.15, 0.2) is 23.1 Å². The Bertz CT molecular complexity index is 596. The van der Waals surface area contributed by atoms with Crippen molar-refractivity contribution in [3.63, 3.8) is 0 Å². The Kier molecular flexibility index (Phi) is 3.02. The molecule has 1 fully saturated rings. The first-order valence-corrected chi connectivity index (χ1v) is 5.51. The standard InChI is InChI=1S/C10H6N2O5S/c13-7-3-5(1-2-6(7)12(16)17)4-8-9(14)11-10(15)18-8/h1-4,13H,(H,11,14,15)/b8-4-. The first-order chi connectivity index (χ1) is 8.47. The third-order valence-corrected chi connectivity index (χ3v) is 2.95. The van der Waals surface area contributed by atoms with Gasteiger partial charge in [-0.3, -0.25) is 25.0 Å². The highest BCUT2D eigenvalue weighted by Gasteiger charge is 2.25. The molecule has 1 aromatic rings.